The maximum absolute atomic E-state index is 12.2. The lowest BCUT2D eigenvalue weighted by molar-refractivity contribution is -0.294. The van der Waals surface area contributed by atoms with Crippen molar-refractivity contribution in [2.45, 2.75) is 61.4 Å². The first-order valence-electron chi connectivity index (χ1n) is 9.01. The molecule has 1 aromatic carbocycles. The van der Waals surface area contributed by atoms with Crippen molar-refractivity contribution in [2.24, 2.45) is 0 Å². The fourth-order valence-electron chi connectivity index (χ4n) is 2.98. The van der Waals surface area contributed by atoms with E-state index >= 15 is 0 Å². The van der Waals surface area contributed by atoms with Crippen LogP contribution in [0.25, 0.3) is 0 Å². The van der Waals surface area contributed by atoms with Crippen molar-refractivity contribution >= 4 is 23.0 Å². The zero-order valence-corrected chi connectivity index (χ0v) is 17.1. The molecule has 1 amide bonds. The van der Waals surface area contributed by atoms with Gasteiger partial charge >= 0.3 is 5.97 Å². The fourth-order valence-corrected chi connectivity index (χ4v) is 3.73. The molecule has 2 rings (SSSR count). The van der Waals surface area contributed by atoms with Crippen LogP contribution >= 0.6 is 0 Å². The molecule has 7 atom stereocenters. The van der Waals surface area contributed by atoms with E-state index in [-0.39, 0.29) is 0 Å². The molecule has 1 fully saturated rings. The number of amides is 1. The number of aliphatic carboxylic acids is 1. The summed E-state index contributed by atoms with van der Waals surface area (Å²) in [5.41, 5.74) is 0.939. The number of carboxylic acids is 1. The van der Waals surface area contributed by atoms with E-state index < -0.39 is 72.2 Å². The summed E-state index contributed by atoms with van der Waals surface area (Å²) < 4.78 is 22.3. The van der Waals surface area contributed by atoms with E-state index in [9.17, 15) is 34.2 Å². The van der Waals surface area contributed by atoms with Gasteiger partial charge in [0.05, 0.1) is 23.6 Å². The van der Waals surface area contributed by atoms with Gasteiger partial charge in [-0.1, -0.05) is 17.7 Å². The minimum atomic E-state index is -2.84. The van der Waals surface area contributed by atoms with E-state index in [1.807, 2.05) is 6.92 Å². The van der Waals surface area contributed by atoms with Gasteiger partial charge in [-0.15, -0.1) is 0 Å². The molecular formula is C18H25NO10S. The van der Waals surface area contributed by atoms with Crippen LogP contribution in [0.15, 0.2) is 29.2 Å². The van der Waals surface area contributed by atoms with Crippen LogP contribution in [0.3, 0.4) is 0 Å². The maximum Gasteiger partial charge on any atom is 0.364 e. The lowest BCUT2D eigenvalue weighted by Gasteiger charge is -2.44. The Hall–Kier alpha value is -1.93. The van der Waals surface area contributed by atoms with Crippen LogP contribution in [0.2, 0.25) is 0 Å². The smallest absolute Gasteiger partial charge is 0.364 e. The Bertz CT molecular complexity index is 788. The summed E-state index contributed by atoms with van der Waals surface area (Å²) in [7, 11) is 0. The summed E-state index contributed by atoms with van der Waals surface area (Å²) >= 11 is -1.96. The third kappa shape index (κ3) is 5.82. The van der Waals surface area contributed by atoms with Crippen LogP contribution in [0, 0.1) is 6.92 Å². The zero-order valence-electron chi connectivity index (χ0n) is 16.3. The monoisotopic (exact) mass is 447 g/mol. The average molecular weight is 447 g/mol. The predicted octanol–water partition coefficient (Wildman–Crippen LogP) is -1.82. The average Bonchev–Trinajstić information content (AvgIpc) is 2.67. The second-order valence-electron chi connectivity index (χ2n) is 7.06. The zero-order chi connectivity index (χ0) is 22.6. The molecule has 168 valence electrons. The molecule has 0 saturated carbocycles. The van der Waals surface area contributed by atoms with Crippen molar-refractivity contribution in [2.75, 3.05) is 6.61 Å². The molecule has 2 unspecified atom stereocenters. The van der Waals surface area contributed by atoms with E-state index in [1.54, 1.807) is 24.3 Å². The normalized spacial score (nSPS) is 29.6. The largest absolute Gasteiger partial charge is 0.477 e. The van der Waals surface area contributed by atoms with Crippen LogP contribution in [0.4, 0.5) is 0 Å². The fraction of sp³-hybridized carbons (Fsp3) is 0.556. The molecule has 0 radical (unpaired) electrons. The molecule has 1 aliphatic heterocycles. The highest BCUT2D eigenvalue weighted by Gasteiger charge is 2.53. The van der Waals surface area contributed by atoms with Gasteiger partial charge in [0.15, 0.2) is 11.1 Å². The summed E-state index contributed by atoms with van der Waals surface area (Å²) in [5, 5.41) is 52.5. The van der Waals surface area contributed by atoms with E-state index in [1.165, 1.54) is 0 Å². The minimum Gasteiger partial charge on any atom is -0.477 e. The number of carboxylic acid groups (broad SMARTS) is 1. The lowest BCUT2D eigenvalue weighted by Crippen LogP contribution is -2.67. The number of aliphatic hydroxyl groups excluding tert-OH is 3. The van der Waals surface area contributed by atoms with Crippen molar-refractivity contribution in [1.29, 1.82) is 0 Å². The van der Waals surface area contributed by atoms with Crippen LogP contribution in [0.5, 0.6) is 0 Å². The van der Waals surface area contributed by atoms with Crippen molar-refractivity contribution in [3.8, 4) is 0 Å². The first-order valence-corrected chi connectivity index (χ1v) is 10.1. The number of hydrogen-bond donors (Lipinski definition) is 6. The van der Waals surface area contributed by atoms with Gasteiger partial charge in [-0.25, -0.2) is 9.00 Å². The summed E-state index contributed by atoms with van der Waals surface area (Å²) in [6.45, 7) is 2.32. The number of ether oxygens (including phenoxy) is 1. The highest BCUT2D eigenvalue weighted by molar-refractivity contribution is 7.80. The van der Waals surface area contributed by atoms with E-state index in [4.69, 9.17) is 14.0 Å². The Morgan fingerprint density at radius 3 is 2.47 bits per heavy atom. The van der Waals surface area contributed by atoms with Crippen LogP contribution < -0.4 is 5.32 Å². The summed E-state index contributed by atoms with van der Waals surface area (Å²) in [6, 6.07) is 5.23. The van der Waals surface area contributed by atoms with E-state index in [0.29, 0.717) is 4.90 Å². The Morgan fingerprint density at radius 2 is 1.93 bits per heavy atom. The first kappa shape index (κ1) is 24.3. The minimum absolute atomic E-state index is 0.322. The molecule has 0 spiro atoms. The number of aryl methyl sites for hydroxylation is 1. The molecule has 1 aromatic rings. The van der Waals surface area contributed by atoms with Crippen molar-refractivity contribution in [3.05, 3.63) is 29.8 Å². The number of rotatable bonds is 8. The predicted molar refractivity (Wildman–Crippen MR) is 101 cm³/mol. The van der Waals surface area contributed by atoms with Crippen molar-refractivity contribution in [1.82, 2.24) is 5.32 Å². The molecule has 11 nitrogen and oxygen atoms in total. The SMILES string of the molecule is CC(=O)N[C@H]1C([C@H](O)[C@H](O)COS(=O)c2ccc(C)cc2)O[C@](O)(C(=O)O)C[C@H]1O. The van der Waals surface area contributed by atoms with Gasteiger partial charge in [-0.2, -0.15) is 0 Å². The van der Waals surface area contributed by atoms with Gasteiger partial charge in [0.2, 0.25) is 5.91 Å². The number of aliphatic hydroxyl groups is 4. The molecule has 12 heteroatoms. The van der Waals surface area contributed by atoms with E-state index in [0.717, 1.165) is 12.5 Å². The van der Waals surface area contributed by atoms with Crippen LogP contribution in [-0.2, 0) is 29.6 Å². The molecular weight excluding hydrogens is 422 g/mol. The number of nitrogens with one attached hydrogen (secondary N) is 1. The second-order valence-corrected chi connectivity index (χ2v) is 8.24. The number of carbonyl (C=O) groups is 2. The quantitative estimate of drug-likeness (QED) is 0.265. The molecule has 0 aliphatic carbocycles. The molecule has 6 N–H and O–H groups in total. The Labute approximate surface area is 174 Å². The molecule has 1 heterocycles. The highest BCUT2D eigenvalue weighted by Crippen LogP contribution is 2.30. The van der Waals surface area contributed by atoms with Gasteiger partial charge in [0.1, 0.15) is 18.3 Å². The number of hydrogen-bond acceptors (Lipinski definition) is 9. The van der Waals surface area contributed by atoms with Crippen LogP contribution in [0.1, 0.15) is 18.9 Å². The topological polar surface area (TPSA) is 183 Å². The Morgan fingerprint density at radius 1 is 1.33 bits per heavy atom. The van der Waals surface area contributed by atoms with Gasteiger partial charge in [0.25, 0.3) is 5.79 Å². The van der Waals surface area contributed by atoms with Crippen molar-refractivity contribution < 1.29 is 48.3 Å². The molecule has 0 aromatic heterocycles. The first-order chi connectivity index (χ1) is 13.9. The maximum atomic E-state index is 12.2. The third-order valence-electron chi connectivity index (χ3n) is 4.58. The molecule has 1 saturated heterocycles. The van der Waals surface area contributed by atoms with Gasteiger partial charge < -0.3 is 35.6 Å². The van der Waals surface area contributed by atoms with E-state index in [2.05, 4.69) is 5.32 Å². The summed E-state index contributed by atoms with van der Waals surface area (Å²) in [4.78, 5) is 23.0. The highest BCUT2D eigenvalue weighted by atomic mass is 32.2. The molecule has 30 heavy (non-hydrogen) atoms. The van der Waals surface area contributed by atoms with Gasteiger partial charge in [-0.3, -0.25) is 8.98 Å². The molecule has 0 bridgehead atoms. The lowest BCUT2D eigenvalue weighted by atomic mass is 9.88. The second kappa shape index (κ2) is 9.92. The third-order valence-corrected chi connectivity index (χ3v) is 5.59. The number of benzene rings is 1. The summed E-state index contributed by atoms with van der Waals surface area (Å²) in [6.07, 6.45) is -7.73. The summed E-state index contributed by atoms with van der Waals surface area (Å²) in [5.74, 6) is -5.27. The van der Waals surface area contributed by atoms with Crippen molar-refractivity contribution in [3.63, 3.8) is 0 Å². The van der Waals surface area contributed by atoms with Gasteiger partial charge in [-0.05, 0) is 19.1 Å². The molecule has 1 aliphatic rings. The number of carbonyl (C=O) groups excluding carboxylic acids is 1. The van der Waals surface area contributed by atoms with Crippen LogP contribution in [-0.4, -0.2) is 84.5 Å². The Balaban J connectivity index is 2.11. The Kier molecular flexibility index (Phi) is 8.05. The van der Waals surface area contributed by atoms with Gasteiger partial charge in [0, 0.05) is 13.3 Å². The standard InChI is InChI=1S/C18H25NO10S/c1-9-3-5-11(6-4-9)30(27)28-8-13(22)15(23)16-14(19-10(2)20)12(21)7-18(26,29-16)17(24)25/h3-6,12-16,21-23,26H,7-8H2,1-2H3,(H,19,20)(H,24,25)/t12-,13-,14-,15-,16?,18+,30?/m1/s1.